The van der Waals surface area contributed by atoms with Crippen LogP contribution in [-0.4, -0.2) is 17.2 Å². The molecule has 2 aromatic carbocycles. The van der Waals surface area contributed by atoms with E-state index in [1.807, 2.05) is 37.3 Å². The SMILES string of the molecule is C=C/C=C/C=C/CCCCCCCCC(CCC)Oc1ccc(-c2ccc(C(=O)O)cc2C)cc1. The first kappa shape index (κ1) is 28.2. The number of carbonyl (C=O) groups is 1. The monoisotopic (exact) mass is 474 g/mol. The summed E-state index contributed by atoms with van der Waals surface area (Å²) >= 11 is 0. The van der Waals surface area contributed by atoms with Crippen molar-refractivity contribution in [1.29, 1.82) is 0 Å². The van der Waals surface area contributed by atoms with Crippen molar-refractivity contribution in [3.63, 3.8) is 0 Å². The standard InChI is InChI=1S/C32H42O3/c1-4-6-7-8-9-10-11-12-13-14-15-16-18-29(17-5-2)35-30-22-19-27(20-23-30)31-24-21-28(32(33)34)25-26(31)3/h4,6-9,19-25,29H,1,5,10-18H2,2-3H3,(H,33,34)/b7-6+,9-8+. The number of rotatable bonds is 17. The maximum absolute atomic E-state index is 11.2. The number of benzene rings is 2. The molecular weight excluding hydrogens is 432 g/mol. The maximum Gasteiger partial charge on any atom is 0.335 e. The van der Waals surface area contributed by atoms with Crippen molar-refractivity contribution in [1.82, 2.24) is 0 Å². The average molecular weight is 475 g/mol. The highest BCUT2D eigenvalue weighted by Gasteiger charge is 2.11. The molecule has 3 nitrogen and oxygen atoms in total. The molecule has 2 aromatic rings. The largest absolute Gasteiger partial charge is 0.490 e. The van der Waals surface area contributed by atoms with Crippen LogP contribution in [0, 0.1) is 6.92 Å². The first-order chi connectivity index (χ1) is 17.0. The number of hydrogen-bond donors (Lipinski definition) is 1. The second-order valence-corrected chi connectivity index (χ2v) is 9.14. The minimum atomic E-state index is -0.897. The number of carboxylic acids is 1. The van der Waals surface area contributed by atoms with Crippen LogP contribution in [0.1, 0.15) is 87.1 Å². The topological polar surface area (TPSA) is 46.5 Å². The van der Waals surface area contributed by atoms with Gasteiger partial charge in [-0.2, -0.15) is 0 Å². The van der Waals surface area contributed by atoms with Gasteiger partial charge in [-0.05, 0) is 80.0 Å². The number of aromatic carboxylic acids is 1. The predicted molar refractivity (Wildman–Crippen MR) is 148 cm³/mol. The van der Waals surface area contributed by atoms with E-state index in [9.17, 15) is 9.90 Å². The van der Waals surface area contributed by atoms with Gasteiger partial charge in [-0.15, -0.1) is 0 Å². The van der Waals surface area contributed by atoms with Gasteiger partial charge in [0.05, 0.1) is 11.7 Å². The summed E-state index contributed by atoms with van der Waals surface area (Å²) in [7, 11) is 0. The Kier molecular flexibility index (Phi) is 13.3. The van der Waals surface area contributed by atoms with Crippen molar-refractivity contribution in [3.8, 4) is 16.9 Å². The fourth-order valence-electron chi connectivity index (χ4n) is 4.27. The van der Waals surface area contributed by atoms with Crippen LogP contribution in [-0.2, 0) is 0 Å². The normalized spacial score (nSPS) is 12.3. The number of ether oxygens (including phenoxy) is 1. The number of aryl methyl sites for hydroxylation is 1. The summed E-state index contributed by atoms with van der Waals surface area (Å²) in [6.45, 7) is 7.83. The van der Waals surface area contributed by atoms with Crippen LogP contribution in [0.15, 0.2) is 79.4 Å². The van der Waals surface area contributed by atoms with Gasteiger partial charge in [-0.25, -0.2) is 4.79 Å². The number of unbranched alkanes of at least 4 members (excludes halogenated alkanes) is 6. The number of allylic oxidation sites excluding steroid dienone is 5. The Labute approximate surface area is 212 Å². The van der Waals surface area contributed by atoms with Gasteiger partial charge in [0.2, 0.25) is 0 Å². The maximum atomic E-state index is 11.2. The van der Waals surface area contributed by atoms with E-state index in [1.165, 1.54) is 38.5 Å². The Morgan fingerprint density at radius 2 is 1.66 bits per heavy atom. The lowest BCUT2D eigenvalue weighted by Crippen LogP contribution is -2.16. The third-order valence-corrected chi connectivity index (χ3v) is 6.19. The second-order valence-electron chi connectivity index (χ2n) is 9.14. The van der Waals surface area contributed by atoms with Gasteiger partial charge < -0.3 is 9.84 Å². The molecule has 0 radical (unpaired) electrons. The summed E-state index contributed by atoms with van der Waals surface area (Å²) in [5.74, 6) is 0.00847. The van der Waals surface area contributed by atoms with E-state index in [-0.39, 0.29) is 6.10 Å². The van der Waals surface area contributed by atoms with Crippen LogP contribution in [0.2, 0.25) is 0 Å². The summed E-state index contributed by atoms with van der Waals surface area (Å²) in [5, 5.41) is 9.18. The summed E-state index contributed by atoms with van der Waals surface area (Å²) in [6, 6.07) is 13.5. The molecule has 0 fully saturated rings. The van der Waals surface area contributed by atoms with Crippen LogP contribution >= 0.6 is 0 Å². The van der Waals surface area contributed by atoms with Crippen molar-refractivity contribution in [3.05, 3.63) is 90.6 Å². The highest BCUT2D eigenvalue weighted by molar-refractivity contribution is 5.89. The van der Waals surface area contributed by atoms with Crippen LogP contribution < -0.4 is 4.74 Å². The molecule has 0 bridgehead atoms. The zero-order chi connectivity index (χ0) is 25.3. The lowest BCUT2D eigenvalue weighted by atomic mass is 9.98. The molecule has 0 spiro atoms. The summed E-state index contributed by atoms with van der Waals surface area (Å²) in [6.07, 6.45) is 22.5. The van der Waals surface area contributed by atoms with E-state index in [4.69, 9.17) is 4.74 Å². The van der Waals surface area contributed by atoms with E-state index >= 15 is 0 Å². The van der Waals surface area contributed by atoms with Crippen LogP contribution in [0.25, 0.3) is 11.1 Å². The molecule has 1 N–H and O–H groups in total. The second kappa shape index (κ2) is 16.5. The number of carboxylic acid groups (broad SMARTS) is 1. The van der Waals surface area contributed by atoms with Gasteiger partial charge in [0.25, 0.3) is 0 Å². The molecule has 0 aliphatic heterocycles. The van der Waals surface area contributed by atoms with Crippen LogP contribution in [0.5, 0.6) is 5.75 Å². The van der Waals surface area contributed by atoms with E-state index < -0.39 is 5.97 Å². The first-order valence-electron chi connectivity index (χ1n) is 13.1. The molecular formula is C32H42O3. The van der Waals surface area contributed by atoms with Gasteiger partial charge in [0.15, 0.2) is 0 Å². The Hall–Kier alpha value is -3.07. The summed E-state index contributed by atoms with van der Waals surface area (Å²) in [4.78, 5) is 11.2. The Bertz CT molecular complexity index is 953. The third kappa shape index (κ3) is 10.8. The number of hydrogen-bond acceptors (Lipinski definition) is 2. The minimum absolute atomic E-state index is 0.260. The van der Waals surface area contributed by atoms with Crippen LogP contribution in [0.3, 0.4) is 0 Å². The average Bonchev–Trinajstić information content (AvgIpc) is 2.85. The molecule has 1 atom stereocenters. The Morgan fingerprint density at radius 3 is 2.31 bits per heavy atom. The molecule has 0 saturated heterocycles. The molecule has 0 amide bonds. The molecule has 1 unspecified atom stereocenters. The predicted octanol–water partition coefficient (Wildman–Crippen LogP) is 9.33. The summed E-state index contributed by atoms with van der Waals surface area (Å²) < 4.78 is 6.33. The fraction of sp³-hybridized carbons (Fsp3) is 0.406. The molecule has 0 saturated carbocycles. The van der Waals surface area contributed by atoms with E-state index in [0.717, 1.165) is 48.1 Å². The first-order valence-corrected chi connectivity index (χ1v) is 13.1. The van der Waals surface area contributed by atoms with Crippen molar-refractivity contribution >= 4 is 5.97 Å². The van der Waals surface area contributed by atoms with Crippen LogP contribution in [0.4, 0.5) is 0 Å². The van der Waals surface area contributed by atoms with Crippen molar-refractivity contribution in [2.24, 2.45) is 0 Å². The van der Waals surface area contributed by atoms with Crippen molar-refractivity contribution in [2.75, 3.05) is 0 Å². The highest BCUT2D eigenvalue weighted by Crippen LogP contribution is 2.27. The van der Waals surface area contributed by atoms with Gasteiger partial charge >= 0.3 is 5.97 Å². The summed E-state index contributed by atoms with van der Waals surface area (Å²) in [5.41, 5.74) is 3.40. The highest BCUT2D eigenvalue weighted by atomic mass is 16.5. The molecule has 188 valence electrons. The zero-order valence-corrected chi connectivity index (χ0v) is 21.5. The van der Waals surface area contributed by atoms with Gasteiger partial charge in [0, 0.05) is 0 Å². The lowest BCUT2D eigenvalue weighted by Gasteiger charge is -2.19. The van der Waals surface area contributed by atoms with Gasteiger partial charge in [-0.1, -0.05) is 94.2 Å². The van der Waals surface area contributed by atoms with Crippen molar-refractivity contribution in [2.45, 2.75) is 84.2 Å². The van der Waals surface area contributed by atoms with E-state index in [2.05, 4.69) is 37.8 Å². The molecule has 0 aliphatic carbocycles. The molecule has 2 rings (SSSR count). The Morgan fingerprint density at radius 1 is 0.943 bits per heavy atom. The fourth-order valence-corrected chi connectivity index (χ4v) is 4.27. The zero-order valence-electron chi connectivity index (χ0n) is 21.5. The van der Waals surface area contributed by atoms with Gasteiger partial charge in [-0.3, -0.25) is 0 Å². The minimum Gasteiger partial charge on any atom is -0.490 e. The lowest BCUT2D eigenvalue weighted by molar-refractivity contribution is 0.0697. The van der Waals surface area contributed by atoms with Gasteiger partial charge in [0.1, 0.15) is 5.75 Å². The molecule has 3 heteroatoms. The smallest absolute Gasteiger partial charge is 0.335 e. The molecule has 0 aromatic heterocycles. The quantitative estimate of drug-likeness (QED) is 0.183. The Balaban J connectivity index is 1.73. The van der Waals surface area contributed by atoms with E-state index in [1.54, 1.807) is 18.2 Å². The van der Waals surface area contributed by atoms with E-state index in [0.29, 0.717) is 5.56 Å². The molecule has 0 aliphatic rings. The molecule has 0 heterocycles. The van der Waals surface area contributed by atoms with Crippen molar-refractivity contribution < 1.29 is 14.6 Å². The third-order valence-electron chi connectivity index (χ3n) is 6.19. The molecule has 35 heavy (non-hydrogen) atoms.